The SMILES string of the molecule is COc1cc(Br)c(/C=N\NC(=O)c2cc3cc([N+](=O)[O-])ccc3s2)cc1OC. The molecule has 1 heterocycles. The second-order valence-electron chi connectivity index (χ2n) is 5.52. The summed E-state index contributed by atoms with van der Waals surface area (Å²) in [4.78, 5) is 23.1. The summed E-state index contributed by atoms with van der Waals surface area (Å²) in [5.74, 6) is 0.691. The minimum absolute atomic E-state index is 0.0198. The van der Waals surface area contributed by atoms with Crippen LogP contribution >= 0.6 is 27.3 Å². The fraction of sp³-hybridized carbons (Fsp3) is 0.111. The number of hydrogen-bond donors (Lipinski definition) is 1. The lowest BCUT2D eigenvalue weighted by atomic mass is 10.2. The Morgan fingerprint density at radius 2 is 1.93 bits per heavy atom. The van der Waals surface area contributed by atoms with Crippen molar-refractivity contribution in [1.82, 2.24) is 5.43 Å². The van der Waals surface area contributed by atoms with Gasteiger partial charge >= 0.3 is 0 Å². The number of hydrazone groups is 1. The van der Waals surface area contributed by atoms with Gasteiger partial charge in [0, 0.05) is 32.3 Å². The lowest BCUT2D eigenvalue weighted by molar-refractivity contribution is -0.384. The zero-order chi connectivity index (χ0) is 20.3. The van der Waals surface area contributed by atoms with E-state index in [0.717, 1.165) is 9.17 Å². The van der Waals surface area contributed by atoms with E-state index in [1.54, 1.807) is 24.3 Å². The second kappa shape index (κ2) is 8.36. The average Bonchev–Trinajstić information content (AvgIpc) is 3.12. The highest BCUT2D eigenvalue weighted by Crippen LogP contribution is 2.32. The van der Waals surface area contributed by atoms with Crippen LogP contribution in [0.2, 0.25) is 0 Å². The van der Waals surface area contributed by atoms with Crippen LogP contribution in [-0.4, -0.2) is 31.3 Å². The molecule has 1 N–H and O–H groups in total. The third-order valence-electron chi connectivity index (χ3n) is 3.81. The molecule has 0 atom stereocenters. The summed E-state index contributed by atoms with van der Waals surface area (Å²) in [6.45, 7) is 0. The predicted octanol–water partition coefficient (Wildman–Crippen LogP) is 4.35. The van der Waals surface area contributed by atoms with Crippen molar-refractivity contribution in [3.8, 4) is 11.5 Å². The molecule has 1 aromatic heterocycles. The Hall–Kier alpha value is -2.98. The van der Waals surface area contributed by atoms with Gasteiger partial charge in [0.25, 0.3) is 11.6 Å². The monoisotopic (exact) mass is 463 g/mol. The maximum atomic E-state index is 12.3. The Morgan fingerprint density at radius 1 is 1.21 bits per heavy atom. The highest BCUT2D eigenvalue weighted by Gasteiger charge is 2.13. The number of carbonyl (C=O) groups excluding carboxylic acids is 1. The Morgan fingerprint density at radius 3 is 2.61 bits per heavy atom. The van der Waals surface area contributed by atoms with E-state index in [2.05, 4.69) is 26.5 Å². The van der Waals surface area contributed by atoms with Crippen LogP contribution in [-0.2, 0) is 0 Å². The van der Waals surface area contributed by atoms with Crippen molar-refractivity contribution >= 4 is 55.2 Å². The van der Waals surface area contributed by atoms with Crippen molar-refractivity contribution < 1.29 is 19.2 Å². The van der Waals surface area contributed by atoms with Gasteiger partial charge in [-0.1, -0.05) is 0 Å². The molecule has 0 radical (unpaired) electrons. The molecule has 0 fully saturated rings. The van der Waals surface area contributed by atoms with E-state index >= 15 is 0 Å². The van der Waals surface area contributed by atoms with Gasteiger partial charge < -0.3 is 9.47 Å². The fourth-order valence-corrected chi connectivity index (χ4v) is 3.80. The number of halogens is 1. The standard InChI is InChI=1S/C18H14BrN3O5S/c1-26-14-6-11(13(19)8-15(14)27-2)9-20-21-18(23)17-7-10-5-12(22(24)25)3-4-16(10)28-17/h3-9H,1-2H3,(H,21,23)/b20-9-. The third kappa shape index (κ3) is 4.12. The zero-order valence-corrected chi connectivity index (χ0v) is 17.2. The minimum Gasteiger partial charge on any atom is -0.493 e. The Kier molecular flexibility index (Phi) is 5.90. The summed E-state index contributed by atoms with van der Waals surface area (Å²) in [6, 6.07) is 9.53. The zero-order valence-electron chi connectivity index (χ0n) is 14.8. The van der Waals surface area contributed by atoms with E-state index in [4.69, 9.17) is 9.47 Å². The molecule has 1 amide bonds. The first-order valence-electron chi connectivity index (χ1n) is 7.86. The molecule has 0 unspecified atom stereocenters. The van der Waals surface area contributed by atoms with E-state index in [9.17, 15) is 14.9 Å². The summed E-state index contributed by atoms with van der Waals surface area (Å²) >= 11 is 4.64. The van der Waals surface area contributed by atoms with Gasteiger partial charge in [0.05, 0.1) is 30.2 Å². The van der Waals surface area contributed by atoms with Crippen LogP contribution in [0.1, 0.15) is 15.2 Å². The molecule has 28 heavy (non-hydrogen) atoms. The molecule has 0 spiro atoms. The van der Waals surface area contributed by atoms with Gasteiger partial charge in [0.2, 0.25) is 0 Å². The number of non-ortho nitro benzene ring substituents is 1. The van der Waals surface area contributed by atoms with Gasteiger partial charge in [-0.2, -0.15) is 5.10 Å². The van der Waals surface area contributed by atoms with Crippen LogP contribution in [0.15, 0.2) is 46.0 Å². The van der Waals surface area contributed by atoms with E-state index in [-0.39, 0.29) is 5.69 Å². The normalized spacial score (nSPS) is 11.0. The average molecular weight is 464 g/mol. The number of ether oxygens (including phenoxy) is 2. The molecule has 0 aliphatic carbocycles. The minimum atomic E-state index is -0.470. The molecule has 0 bridgehead atoms. The van der Waals surface area contributed by atoms with Crippen molar-refractivity contribution in [1.29, 1.82) is 0 Å². The summed E-state index contributed by atoms with van der Waals surface area (Å²) in [5, 5.41) is 15.5. The molecular weight excluding hydrogens is 450 g/mol. The first-order valence-corrected chi connectivity index (χ1v) is 9.46. The molecular formula is C18H14BrN3O5S. The number of rotatable bonds is 6. The summed E-state index contributed by atoms with van der Waals surface area (Å²) < 4.78 is 12.0. The molecule has 3 rings (SSSR count). The lowest BCUT2D eigenvalue weighted by Gasteiger charge is -2.09. The molecule has 0 aliphatic rings. The molecule has 144 valence electrons. The molecule has 0 saturated carbocycles. The predicted molar refractivity (Wildman–Crippen MR) is 111 cm³/mol. The van der Waals surface area contributed by atoms with E-state index < -0.39 is 10.8 Å². The Balaban J connectivity index is 1.77. The molecule has 3 aromatic rings. The summed E-state index contributed by atoms with van der Waals surface area (Å²) in [7, 11) is 3.07. The number of methoxy groups -OCH3 is 2. The first-order chi connectivity index (χ1) is 13.4. The highest BCUT2D eigenvalue weighted by molar-refractivity contribution is 9.10. The number of benzene rings is 2. The number of fused-ring (bicyclic) bond motifs is 1. The van der Waals surface area contributed by atoms with Crippen molar-refractivity contribution in [3.05, 3.63) is 61.4 Å². The van der Waals surface area contributed by atoms with Gasteiger partial charge in [-0.25, -0.2) is 5.43 Å². The molecule has 8 nitrogen and oxygen atoms in total. The number of nitrogens with one attached hydrogen (secondary N) is 1. The number of hydrogen-bond acceptors (Lipinski definition) is 7. The summed E-state index contributed by atoms with van der Waals surface area (Å²) in [5.41, 5.74) is 3.12. The number of nitro groups is 1. The molecule has 0 aliphatic heterocycles. The molecule has 10 heteroatoms. The first kappa shape index (κ1) is 19.8. The van der Waals surface area contributed by atoms with Crippen LogP contribution in [0.3, 0.4) is 0 Å². The number of amides is 1. The smallest absolute Gasteiger partial charge is 0.281 e. The maximum absolute atomic E-state index is 12.3. The number of thiophene rings is 1. The van der Waals surface area contributed by atoms with Crippen molar-refractivity contribution in [2.45, 2.75) is 0 Å². The largest absolute Gasteiger partial charge is 0.493 e. The van der Waals surface area contributed by atoms with Crippen molar-refractivity contribution in [2.24, 2.45) is 5.10 Å². The lowest BCUT2D eigenvalue weighted by Crippen LogP contribution is -2.16. The number of nitrogens with zero attached hydrogens (tertiary/aromatic N) is 2. The van der Waals surface area contributed by atoms with E-state index in [0.29, 0.717) is 27.3 Å². The van der Waals surface area contributed by atoms with Gasteiger partial charge in [-0.15, -0.1) is 11.3 Å². The van der Waals surface area contributed by atoms with E-state index in [1.165, 1.54) is 43.9 Å². The van der Waals surface area contributed by atoms with Crippen LogP contribution in [0.25, 0.3) is 10.1 Å². The van der Waals surface area contributed by atoms with E-state index in [1.807, 2.05) is 0 Å². The van der Waals surface area contributed by atoms with Crippen LogP contribution < -0.4 is 14.9 Å². The fourth-order valence-electron chi connectivity index (χ4n) is 2.44. The van der Waals surface area contributed by atoms with Crippen LogP contribution in [0, 0.1) is 10.1 Å². The Bertz CT molecular complexity index is 1100. The molecule has 0 saturated heterocycles. The topological polar surface area (TPSA) is 103 Å². The summed E-state index contributed by atoms with van der Waals surface area (Å²) in [6.07, 6.45) is 1.47. The highest BCUT2D eigenvalue weighted by atomic mass is 79.9. The third-order valence-corrected chi connectivity index (χ3v) is 5.61. The van der Waals surface area contributed by atoms with Crippen LogP contribution in [0.4, 0.5) is 5.69 Å². The van der Waals surface area contributed by atoms with Gasteiger partial charge in [0.15, 0.2) is 11.5 Å². The van der Waals surface area contributed by atoms with Gasteiger partial charge in [0.1, 0.15) is 0 Å². The second-order valence-corrected chi connectivity index (χ2v) is 7.46. The van der Waals surface area contributed by atoms with Crippen LogP contribution in [0.5, 0.6) is 11.5 Å². The van der Waals surface area contributed by atoms with Gasteiger partial charge in [-0.3, -0.25) is 14.9 Å². The Labute approximate surface area is 172 Å². The number of nitro benzene ring substituents is 1. The maximum Gasteiger partial charge on any atom is 0.281 e. The van der Waals surface area contributed by atoms with Gasteiger partial charge in [-0.05, 0) is 40.2 Å². The quantitative estimate of drug-likeness (QED) is 0.332. The van der Waals surface area contributed by atoms with Crippen molar-refractivity contribution in [2.75, 3.05) is 14.2 Å². The van der Waals surface area contributed by atoms with Crippen molar-refractivity contribution in [3.63, 3.8) is 0 Å². The molecule has 2 aromatic carbocycles. The number of carbonyl (C=O) groups is 1.